The van der Waals surface area contributed by atoms with Crippen LogP contribution in [0.3, 0.4) is 0 Å². The molecule has 1 aliphatic rings. The van der Waals surface area contributed by atoms with Crippen molar-refractivity contribution >= 4 is 0 Å². The third-order valence-corrected chi connectivity index (χ3v) is 3.02. The molecule has 4 heteroatoms. The summed E-state index contributed by atoms with van der Waals surface area (Å²) in [6, 6.07) is 0.382. The van der Waals surface area contributed by atoms with Gasteiger partial charge in [0.15, 0.2) is 0 Å². The molecule has 0 spiro atoms. The molecule has 1 aromatic rings. The Morgan fingerprint density at radius 3 is 3.13 bits per heavy atom. The largest absolute Gasteiger partial charge is 0.327 e. The molecule has 15 heavy (non-hydrogen) atoms. The Morgan fingerprint density at radius 1 is 1.60 bits per heavy atom. The molecule has 2 heterocycles. The highest BCUT2D eigenvalue weighted by molar-refractivity contribution is 5.04. The summed E-state index contributed by atoms with van der Waals surface area (Å²) in [5.41, 5.74) is 7.26. The maximum Gasteiger partial charge on any atom is 0.0522 e. The van der Waals surface area contributed by atoms with Crippen LogP contribution in [-0.4, -0.2) is 40.4 Å². The van der Waals surface area contributed by atoms with Crippen LogP contribution in [0, 0.1) is 0 Å². The van der Waals surface area contributed by atoms with Crippen molar-refractivity contribution in [2.45, 2.75) is 25.3 Å². The highest BCUT2D eigenvalue weighted by Gasteiger charge is 2.15. The zero-order valence-electron chi connectivity index (χ0n) is 9.39. The first-order chi connectivity index (χ1) is 7.24. The minimum Gasteiger partial charge on any atom is -0.327 e. The molecule has 0 aromatic carbocycles. The molecule has 1 saturated heterocycles. The van der Waals surface area contributed by atoms with Gasteiger partial charge in [-0.2, -0.15) is 5.10 Å². The van der Waals surface area contributed by atoms with Crippen molar-refractivity contribution in [3.8, 4) is 0 Å². The van der Waals surface area contributed by atoms with Crippen molar-refractivity contribution in [3.05, 3.63) is 18.0 Å². The van der Waals surface area contributed by atoms with E-state index < -0.39 is 0 Å². The maximum absolute atomic E-state index is 5.94. The van der Waals surface area contributed by atoms with Gasteiger partial charge in [-0.1, -0.05) is 0 Å². The molecule has 1 atom stereocenters. The average molecular weight is 208 g/mol. The third kappa shape index (κ3) is 3.04. The smallest absolute Gasteiger partial charge is 0.0522 e. The van der Waals surface area contributed by atoms with E-state index in [0.29, 0.717) is 6.04 Å². The van der Waals surface area contributed by atoms with Crippen molar-refractivity contribution in [1.29, 1.82) is 0 Å². The van der Waals surface area contributed by atoms with Gasteiger partial charge in [0.05, 0.1) is 6.20 Å². The Balaban J connectivity index is 1.77. The van der Waals surface area contributed by atoms with Crippen LogP contribution in [0.5, 0.6) is 0 Å². The van der Waals surface area contributed by atoms with E-state index in [-0.39, 0.29) is 0 Å². The summed E-state index contributed by atoms with van der Waals surface area (Å²) in [4.78, 5) is 2.46. The van der Waals surface area contributed by atoms with Gasteiger partial charge in [0.2, 0.25) is 0 Å². The molecule has 1 unspecified atom stereocenters. The third-order valence-electron chi connectivity index (χ3n) is 3.02. The number of nitrogens with two attached hydrogens (primary N) is 1. The predicted molar refractivity (Wildman–Crippen MR) is 60.6 cm³/mol. The summed E-state index contributed by atoms with van der Waals surface area (Å²) in [5.74, 6) is 0. The van der Waals surface area contributed by atoms with Crippen LogP contribution in [-0.2, 0) is 13.5 Å². The molecule has 4 nitrogen and oxygen atoms in total. The summed E-state index contributed by atoms with van der Waals surface area (Å²) in [7, 11) is 1.96. The molecule has 2 rings (SSSR count). The lowest BCUT2D eigenvalue weighted by Crippen LogP contribution is -2.43. The summed E-state index contributed by atoms with van der Waals surface area (Å²) in [5, 5.41) is 4.17. The second kappa shape index (κ2) is 4.77. The predicted octanol–water partition coefficient (Wildman–Crippen LogP) is 0.386. The molecule has 0 aliphatic carbocycles. The Labute approximate surface area is 91.1 Å². The molecule has 1 aliphatic heterocycles. The molecular weight excluding hydrogens is 188 g/mol. The summed E-state index contributed by atoms with van der Waals surface area (Å²) >= 11 is 0. The summed E-state index contributed by atoms with van der Waals surface area (Å²) in [6.45, 7) is 3.37. The van der Waals surface area contributed by atoms with E-state index in [1.807, 2.05) is 17.9 Å². The highest BCUT2D eigenvalue weighted by Crippen LogP contribution is 2.09. The number of nitrogens with zero attached hydrogens (tertiary/aromatic N) is 3. The number of hydrogen-bond donors (Lipinski definition) is 1. The second-order valence-corrected chi connectivity index (χ2v) is 4.48. The summed E-state index contributed by atoms with van der Waals surface area (Å²) < 4.78 is 1.86. The standard InChI is InChI=1S/C11H20N4/c1-14-8-10(7-13-14)4-6-15-5-2-3-11(12)9-15/h7-8,11H,2-6,9,12H2,1H3. The zero-order valence-corrected chi connectivity index (χ0v) is 9.39. The number of aromatic nitrogens is 2. The summed E-state index contributed by atoms with van der Waals surface area (Å²) in [6.07, 6.45) is 7.55. The van der Waals surface area contributed by atoms with Gasteiger partial charge in [0.25, 0.3) is 0 Å². The molecule has 0 radical (unpaired) electrons. The van der Waals surface area contributed by atoms with Crippen molar-refractivity contribution < 1.29 is 0 Å². The van der Waals surface area contributed by atoms with Crippen molar-refractivity contribution in [2.24, 2.45) is 12.8 Å². The number of aryl methyl sites for hydroxylation is 1. The quantitative estimate of drug-likeness (QED) is 0.781. The molecule has 2 N–H and O–H groups in total. The van der Waals surface area contributed by atoms with Crippen molar-refractivity contribution in [2.75, 3.05) is 19.6 Å². The fourth-order valence-electron chi connectivity index (χ4n) is 2.18. The highest BCUT2D eigenvalue weighted by atomic mass is 15.2. The Hall–Kier alpha value is -0.870. The first kappa shape index (κ1) is 10.6. The topological polar surface area (TPSA) is 47.1 Å². The van der Waals surface area contributed by atoms with Gasteiger partial charge in [-0.25, -0.2) is 0 Å². The average Bonchev–Trinajstić information content (AvgIpc) is 2.62. The van der Waals surface area contributed by atoms with Crippen molar-refractivity contribution in [1.82, 2.24) is 14.7 Å². The molecule has 1 aromatic heterocycles. The van der Waals surface area contributed by atoms with Gasteiger partial charge in [-0.05, 0) is 31.4 Å². The van der Waals surface area contributed by atoms with Crippen LogP contribution in [0.2, 0.25) is 0 Å². The Morgan fingerprint density at radius 2 is 2.47 bits per heavy atom. The Bertz CT molecular complexity index is 307. The molecular formula is C11H20N4. The number of hydrogen-bond acceptors (Lipinski definition) is 3. The van der Waals surface area contributed by atoms with Gasteiger partial charge < -0.3 is 10.6 Å². The van der Waals surface area contributed by atoms with E-state index >= 15 is 0 Å². The lowest BCUT2D eigenvalue weighted by Gasteiger charge is -2.30. The van der Waals surface area contributed by atoms with Crippen LogP contribution >= 0.6 is 0 Å². The van der Waals surface area contributed by atoms with Crippen LogP contribution < -0.4 is 5.73 Å². The van der Waals surface area contributed by atoms with Crippen LogP contribution in [0.1, 0.15) is 18.4 Å². The van der Waals surface area contributed by atoms with E-state index in [1.54, 1.807) is 0 Å². The lowest BCUT2D eigenvalue weighted by molar-refractivity contribution is 0.211. The van der Waals surface area contributed by atoms with Crippen molar-refractivity contribution in [3.63, 3.8) is 0 Å². The van der Waals surface area contributed by atoms with Crippen LogP contribution in [0.4, 0.5) is 0 Å². The molecule has 0 amide bonds. The molecule has 0 saturated carbocycles. The second-order valence-electron chi connectivity index (χ2n) is 4.48. The molecule has 0 bridgehead atoms. The minimum atomic E-state index is 0.382. The van der Waals surface area contributed by atoms with E-state index in [0.717, 1.165) is 19.5 Å². The van der Waals surface area contributed by atoms with E-state index in [2.05, 4.69) is 16.2 Å². The maximum atomic E-state index is 5.94. The van der Waals surface area contributed by atoms with Gasteiger partial charge in [0, 0.05) is 32.4 Å². The van der Waals surface area contributed by atoms with E-state index in [9.17, 15) is 0 Å². The first-order valence-corrected chi connectivity index (χ1v) is 5.69. The lowest BCUT2D eigenvalue weighted by atomic mass is 10.1. The van der Waals surface area contributed by atoms with Crippen LogP contribution in [0.15, 0.2) is 12.4 Å². The SMILES string of the molecule is Cn1cc(CCN2CCCC(N)C2)cn1. The molecule has 84 valence electrons. The zero-order chi connectivity index (χ0) is 10.7. The normalized spacial score (nSPS) is 23.2. The number of rotatable bonds is 3. The van der Waals surface area contributed by atoms with Gasteiger partial charge in [-0.3, -0.25) is 4.68 Å². The van der Waals surface area contributed by atoms with E-state index in [1.165, 1.54) is 24.9 Å². The number of likely N-dealkylation sites (tertiary alicyclic amines) is 1. The number of piperidine rings is 1. The monoisotopic (exact) mass is 208 g/mol. The van der Waals surface area contributed by atoms with Gasteiger partial charge in [0.1, 0.15) is 0 Å². The fourth-order valence-corrected chi connectivity index (χ4v) is 2.18. The van der Waals surface area contributed by atoms with E-state index in [4.69, 9.17) is 5.73 Å². The molecule has 1 fully saturated rings. The fraction of sp³-hybridized carbons (Fsp3) is 0.727. The van der Waals surface area contributed by atoms with Gasteiger partial charge in [-0.15, -0.1) is 0 Å². The van der Waals surface area contributed by atoms with Gasteiger partial charge >= 0.3 is 0 Å². The Kier molecular flexibility index (Phi) is 3.38. The first-order valence-electron chi connectivity index (χ1n) is 5.69. The van der Waals surface area contributed by atoms with Crippen LogP contribution in [0.25, 0.3) is 0 Å². The minimum absolute atomic E-state index is 0.382.